The van der Waals surface area contributed by atoms with E-state index >= 15 is 0 Å². The zero-order valence-electron chi connectivity index (χ0n) is 8.00. The molecule has 0 aliphatic heterocycles. The van der Waals surface area contributed by atoms with Crippen LogP contribution in [0.15, 0.2) is 24.3 Å². The molecule has 2 rings (SSSR count). The van der Waals surface area contributed by atoms with Gasteiger partial charge in [-0.2, -0.15) is 0 Å². The molecule has 2 heteroatoms. The number of carbonyl (C=O) groups is 1. The molecule has 0 radical (unpaired) electrons. The van der Waals surface area contributed by atoms with Gasteiger partial charge in [0, 0.05) is 15.9 Å². The van der Waals surface area contributed by atoms with Gasteiger partial charge in [-0.3, -0.25) is 4.79 Å². The number of aryl methyl sites for hydroxylation is 1. The Labute approximate surface area is 98.0 Å². The molecule has 0 aromatic heterocycles. The topological polar surface area (TPSA) is 17.1 Å². The van der Waals surface area contributed by atoms with Crippen LogP contribution in [-0.4, -0.2) is 5.78 Å². The molecule has 1 aromatic rings. The molecule has 0 saturated heterocycles. The van der Waals surface area contributed by atoms with Crippen LogP contribution in [0.5, 0.6) is 0 Å². The molecule has 1 aliphatic carbocycles. The zero-order valence-corrected chi connectivity index (χ0v) is 10.2. The van der Waals surface area contributed by atoms with Crippen molar-refractivity contribution in [1.29, 1.82) is 0 Å². The monoisotopic (exact) mass is 300 g/mol. The van der Waals surface area contributed by atoms with Crippen molar-refractivity contribution < 1.29 is 4.79 Å². The molecule has 1 saturated carbocycles. The molecule has 0 spiro atoms. The van der Waals surface area contributed by atoms with Gasteiger partial charge in [0.2, 0.25) is 0 Å². The van der Waals surface area contributed by atoms with Crippen molar-refractivity contribution in [3.8, 4) is 0 Å². The molecular weight excluding hydrogens is 287 g/mol. The van der Waals surface area contributed by atoms with E-state index in [9.17, 15) is 4.79 Å². The lowest BCUT2D eigenvalue weighted by atomic mass is 10.1. The van der Waals surface area contributed by atoms with E-state index in [0.29, 0.717) is 11.7 Å². The van der Waals surface area contributed by atoms with Crippen LogP contribution < -0.4 is 0 Å². The Hall–Kier alpha value is -0.380. The summed E-state index contributed by atoms with van der Waals surface area (Å²) in [6, 6.07) is 8.42. The maximum absolute atomic E-state index is 11.4. The highest BCUT2D eigenvalue weighted by Crippen LogP contribution is 2.31. The minimum Gasteiger partial charge on any atom is -0.299 e. The minimum absolute atomic E-state index is 0.416. The Bertz CT molecular complexity index is 325. The quantitative estimate of drug-likeness (QED) is 0.780. The van der Waals surface area contributed by atoms with Crippen LogP contribution >= 0.6 is 22.6 Å². The number of rotatable bonds is 4. The molecular formula is C12H13IO. The van der Waals surface area contributed by atoms with E-state index in [2.05, 4.69) is 46.9 Å². The molecule has 0 atom stereocenters. The highest BCUT2D eigenvalue weighted by atomic mass is 127. The summed E-state index contributed by atoms with van der Waals surface area (Å²) in [5.74, 6) is 0.877. The summed E-state index contributed by atoms with van der Waals surface area (Å²) >= 11 is 2.29. The highest BCUT2D eigenvalue weighted by molar-refractivity contribution is 14.1. The van der Waals surface area contributed by atoms with E-state index in [4.69, 9.17) is 0 Å². The molecule has 0 heterocycles. The van der Waals surface area contributed by atoms with Crippen LogP contribution in [-0.2, 0) is 11.2 Å². The molecule has 1 nitrogen and oxygen atoms in total. The first kappa shape index (κ1) is 10.1. The molecule has 0 bridgehead atoms. The number of hydrogen-bond donors (Lipinski definition) is 0. The van der Waals surface area contributed by atoms with E-state index in [1.165, 1.54) is 9.13 Å². The molecule has 14 heavy (non-hydrogen) atoms. The van der Waals surface area contributed by atoms with Crippen molar-refractivity contribution in [3.05, 3.63) is 33.4 Å². The van der Waals surface area contributed by atoms with E-state index in [0.717, 1.165) is 25.7 Å². The zero-order chi connectivity index (χ0) is 9.97. The lowest BCUT2D eigenvalue weighted by molar-refractivity contribution is -0.120. The predicted molar refractivity (Wildman–Crippen MR) is 65.2 cm³/mol. The largest absolute Gasteiger partial charge is 0.299 e. The summed E-state index contributed by atoms with van der Waals surface area (Å²) in [7, 11) is 0. The van der Waals surface area contributed by atoms with Crippen LogP contribution in [0.1, 0.15) is 24.8 Å². The fraction of sp³-hybridized carbons (Fsp3) is 0.417. The Morgan fingerprint density at radius 2 is 1.93 bits per heavy atom. The lowest BCUT2D eigenvalue weighted by Crippen LogP contribution is -2.01. The van der Waals surface area contributed by atoms with E-state index in [-0.39, 0.29) is 0 Å². The Kier molecular flexibility index (Phi) is 3.21. The van der Waals surface area contributed by atoms with Crippen LogP contribution in [0.2, 0.25) is 0 Å². The summed E-state index contributed by atoms with van der Waals surface area (Å²) < 4.78 is 1.25. The van der Waals surface area contributed by atoms with Gasteiger partial charge in [-0.05, 0) is 59.5 Å². The lowest BCUT2D eigenvalue weighted by Gasteiger charge is -2.00. The van der Waals surface area contributed by atoms with Gasteiger partial charge in [-0.25, -0.2) is 0 Å². The van der Waals surface area contributed by atoms with Gasteiger partial charge >= 0.3 is 0 Å². The fourth-order valence-electron chi connectivity index (χ4n) is 1.53. The maximum Gasteiger partial charge on any atom is 0.136 e. The van der Waals surface area contributed by atoms with Crippen molar-refractivity contribution in [1.82, 2.24) is 0 Å². The van der Waals surface area contributed by atoms with Crippen molar-refractivity contribution in [2.75, 3.05) is 0 Å². The Balaban J connectivity index is 1.85. The molecule has 0 unspecified atom stereocenters. The van der Waals surface area contributed by atoms with E-state index in [1.54, 1.807) is 0 Å². The third-order valence-corrected chi connectivity index (χ3v) is 3.33. The van der Waals surface area contributed by atoms with Gasteiger partial charge in [0.1, 0.15) is 5.78 Å². The number of benzene rings is 1. The second-order valence-corrected chi connectivity index (χ2v) is 5.11. The van der Waals surface area contributed by atoms with Gasteiger partial charge in [-0.15, -0.1) is 0 Å². The van der Waals surface area contributed by atoms with Gasteiger partial charge in [0.25, 0.3) is 0 Å². The van der Waals surface area contributed by atoms with Gasteiger partial charge in [0.15, 0.2) is 0 Å². The van der Waals surface area contributed by atoms with Gasteiger partial charge in [0.05, 0.1) is 0 Å². The number of carbonyl (C=O) groups excluding carboxylic acids is 1. The van der Waals surface area contributed by atoms with Crippen molar-refractivity contribution in [3.63, 3.8) is 0 Å². The first-order valence-corrected chi connectivity index (χ1v) is 6.11. The summed E-state index contributed by atoms with van der Waals surface area (Å²) in [6.07, 6.45) is 3.90. The standard InChI is InChI=1S/C12H13IO/c13-11-6-1-9(2-7-11)3-8-12(14)10-4-5-10/h1-2,6-7,10H,3-5,8H2. The first-order chi connectivity index (χ1) is 6.75. The van der Waals surface area contributed by atoms with Crippen molar-refractivity contribution in [2.24, 2.45) is 5.92 Å². The molecule has 0 N–H and O–H groups in total. The van der Waals surface area contributed by atoms with Crippen molar-refractivity contribution in [2.45, 2.75) is 25.7 Å². The average Bonchev–Trinajstić information content (AvgIpc) is 3.00. The summed E-state index contributed by atoms with van der Waals surface area (Å²) in [6.45, 7) is 0. The van der Waals surface area contributed by atoms with Crippen molar-refractivity contribution >= 4 is 28.4 Å². The number of Topliss-reactive ketones (excluding diaryl/α,β-unsaturated/α-hetero) is 1. The summed E-state index contributed by atoms with van der Waals surface area (Å²) in [4.78, 5) is 11.4. The van der Waals surface area contributed by atoms with Crippen LogP contribution in [0.25, 0.3) is 0 Å². The second kappa shape index (κ2) is 4.43. The SMILES string of the molecule is O=C(CCc1ccc(I)cc1)C1CC1. The third-order valence-electron chi connectivity index (χ3n) is 2.61. The summed E-state index contributed by atoms with van der Waals surface area (Å²) in [5, 5.41) is 0. The predicted octanol–water partition coefficient (Wildman–Crippen LogP) is 3.20. The first-order valence-electron chi connectivity index (χ1n) is 5.03. The summed E-state index contributed by atoms with van der Waals surface area (Å²) in [5.41, 5.74) is 1.28. The van der Waals surface area contributed by atoms with E-state index < -0.39 is 0 Å². The Morgan fingerprint density at radius 1 is 1.29 bits per heavy atom. The normalized spacial score (nSPS) is 15.5. The third kappa shape index (κ3) is 2.80. The molecule has 1 aliphatic rings. The minimum atomic E-state index is 0.416. The van der Waals surface area contributed by atoms with Gasteiger partial charge in [-0.1, -0.05) is 12.1 Å². The highest BCUT2D eigenvalue weighted by Gasteiger charge is 2.28. The fourth-order valence-corrected chi connectivity index (χ4v) is 1.89. The maximum atomic E-state index is 11.4. The second-order valence-electron chi connectivity index (χ2n) is 3.87. The molecule has 1 fully saturated rings. The molecule has 0 amide bonds. The smallest absolute Gasteiger partial charge is 0.136 e. The van der Waals surface area contributed by atoms with Gasteiger partial charge < -0.3 is 0 Å². The Morgan fingerprint density at radius 3 is 2.50 bits per heavy atom. The number of ketones is 1. The van der Waals surface area contributed by atoms with Crippen LogP contribution in [0, 0.1) is 9.49 Å². The van der Waals surface area contributed by atoms with Crippen LogP contribution in [0.4, 0.5) is 0 Å². The number of hydrogen-bond acceptors (Lipinski definition) is 1. The average molecular weight is 300 g/mol. The van der Waals surface area contributed by atoms with Crippen LogP contribution in [0.3, 0.4) is 0 Å². The van der Waals surface area contributed by atoms with E-state index in [1.807, 2.05) is 0 Å². The number of halogens is 1. The molecule has 1 aromatic carbocycles. The molecule has 74 valence electrons.